The predicted molar refractivity (Wildman–Crippen MR) is 68.4 cm³/mol. The molecule has 1 saturated heterocycles. The number of rotatable bonds is 1. The molecule has 2 atom stereocenters. The van der Waals surface area contributed by atoms with Crippen molar-refractivity contribution in [3.63, 3.8) is 0 Å². The fraction of sp³-hybridized carbons (Fsp3) is 0.500. The van der Waals surface area contributed by atoms with Gasteiger partial charge in [0.2, 0.25) is 0 Å². The molecule has 1 aliphatic heterocycles. The highest BCUT2D eigenvalue weighted by molar-refractivity contribution is 9.10. The van der Waals surface area contributed by atoms with Gasteiger partial charge in [0.1, 0.15) is 0 Å². The van der Waals surface area contributed by atoms with E-state index < -0.39 is 73.1 Å². The number of piperazine rings is 1. The monoisotopic (exact) mass is 284 g/mol. The van der Waals surface area contributed by atoms with Crippen LogP contribution < -0.4 is 10.2 Å². The first-order valence-corrected chi connectivity index (χ1v) is 4.65. The van der Waals surface area contributed by atoms with Crippen molar-refractivity contribution >= 4 is 21.6 Å². The molecule has 1 aliphatic rings. The van der Waals surface area contributed by atoms with Crippen LogP contribution in [0.3, 0.4) is 0 Å². The van der Waals surface area contributed by atoms with Gasteiger partial charge in [-0.15, -0.1) is 0 Å². The molecular weight excluding hydrogens is 252 g/mol. The molecule has 2 unspecified atom stereocenters. The predicted octanol–water partition coefficient (Wildman–Crippen LogP) is 2.64. The molecule has 0 aromatic heterocycles. The van der Waals surface area contributed by atoms with Crippen LogP contribution in [0.5, 0.6) is 0 Å². The van der Waals surface area contributed by atoms with E-state index in [0.717, 1.165) is 0 Å². The van der Waals surface area contributed by atoms with Crippen molar-refractivity contribution in [3.05, 3.63) is 28.6 Å². The van der Waals surface area contributed by atoms with Gasteiger partial charge in [0.05, 0.1) is 8.22 Å². The Hall–Kier alpha value is -0.540. The van der Waals surface area contributed by atoms with Gasteiger partial charge in [0.15, 0.2) is 0 Å². The Labute approximate surface area is 122 Å². The molecule has 1 fully saturated rings. The fourth-order valence-corrected chi connectivity index (χ4v) is 1.31. The Bertz CT molecular complexity index is 842. The Morgan fingerprint density at radius 1 is 1.60 bits per heavy atom. The molecule has 0 bridgehead atoms. The summed E-state index contributed by atoms with van der Waals surface area (Å²) in [6.07, 6.45) is 0. The number of hydrogen-bond acceptors (Lipinski definition) is 2. The van der Waals surface area contributed by atoms with Crippen LogP contribution in [-0.2, 0) is 0 Å². The van der Waals surface area contributed by atoms with E-state index in [9.17, 15) is 0 Å². The standard InChI is InChI=1S/C12H17BrN2/c1-9-7-14-8-10(2)15(9)12-5-3-4-11(13)6-12/h3-6,9-10,14H,7-8H2,1-2H3/i1D3,2D3,3D,4D,5D,6D,7D2,8D2,9D,10D. The summed E-state index contributed by atoms with van der Waals surface area (Å²) in [6.45, 7) is -14.6. The normalized spacial score (nSPS) is 60.5. The topological polar surface area (TPSA) is 15.3 Å². The smallest absolute Gasteiger partial charge is 0.0657 e. The molecule has 1 heterocycles. The Morgan fingerprint density at radius 3 is 3.00 bits per heavy atom. The number of nitrogens with zero attached hydrogens (tertiary/aromatic N) is 1. The van der Waals surface area contributed by atoms with E-state index in [-0.39, 0.29) is 4.90 Å². The van der Waals surface area contributed by atoms with Crippen LogP contribution >= 0.6 is 15.9 Å². The first-order chi connectivity index (χ1) is 13.5. The Balaban J connectivity index is 3.22. The summed E-state index contributed by atoms with van der Waals surface area (Å²) in [6, 6.07) is -11.2. The first-order valence-electron chi connectivity index (χ1n) is 11.9. The molecule has 82 valence electrons. The van der Waals surface area contributed by atoms with Crippen LogP contribution in [0.2, 0.25) is 0 Å². The molecule has 1 aromatic carbocycles. The van der Waals surface area contributed by atoms with Crippen molar-refractivity contribution < 1.29 is 21.9 Å². The van der Waals surface area contributed by atoms with Crippen LogP contribution in [0.25, 0.3) is 0 Å². The zero-order valence-electron chi connectivity index (χ0n) is 23.3. The third-order valence-corrected chi connectivity index (χ3v) is 2.01. The maximum Gasteiger partial charge on any atom is 0.0657 e. The molecule has 3 heteroatoms. The minimum absolute atomic E-state index is 0.261. The summed E-state index contributed by atoms with van der Waals surface area (Å²) in [5.74, 6) is 0. The van der Waals surface area contributed by atoms with Crippen molar-refractivity contribution in [2.45, 2.75) is 25.7 Å². The molecule has 2 rings (SSSR count). The van der Waals surface area contributed by atoms with Gasteiger partial charge in [-0.25, -0.2) is 0 Å². The molecule has 0 radical (unpaired) electrons. The van der Waals surface area contributed by atoms with Crippen LogP contribution in [0.1, 0.15) is 35.6 Å². The molecule has 0 amide bonds. The minimum atomic E-state index is -3.75. The van der Waals surface area contributed by atoms with Crippen molar-refractivity contribution in [1.29, 1.82) is 0 Å². The van der Waals surface area contributed by atoms with Gasteiger partial charge >= 0.3 is 0 Å². The fourth-order valence-electron chi connectivity index (χ4n) is 1.02. The lowest BCUT2D eigenvalue weighted by Gasteiger charge is -2.41. The molecule has 15 heavy (non-hydrogen) atoms. The van der Waals surface area contributed by atoms with Gasteiger partial charge in [-0.05, 0) is 31.8 Å². The van der Waals surface area contributed by atoms with E-state index in [1.165, 1.54) is 5.32 Å². The zero-order valence-corrected chi connectivity index (χ0v) is 8.91. The van der Waals surface area contributed by atoms with Crippen LogP contribution in [0.15, 0.2) is 28.6 Å². The highest BCUT2D eigenvalue weighted by Crippen LogP contribution is 2.24. The molecule has 0 aliphatic carbocycles. The van der Waals surface area contributed by atoms with Gasteiger partial charge in [0.25, 0.3) is 0 Å². The van der Waals surface area contributed by atoms with Crippen molar-refractivity contribution in [2.75, 3.05) is 17.9 Å². The maximum atomic E-state index is 8.57. The van der Waals surface area contributed by atoms with Gasteiger partial charge in [-0.1, -0.05) is 22.0 Å². The molecule has 1 N–H and O–H groups in total. The van der Waals surface area contributed by atoms with Gasteiger partial charge in [-0.2, -0.15) is 0 Å². The lowest BCUT2D eigenvalue weighted by molar-refractivity contribution is 0.432. The summed E-state index contributed by atoms with van der Waals surface area (Å²) >= 11 is 2.80. The number of benzene rings is 1. The number of halogens is 1. The summed E-state index contributed by atoms with van der Waals surface area (Å²) in [5.41, 5.74) is -1.15. The van der Waals surface area contributed by atoms with Crippen LogP contribution in [-0.4, -0.2) is 25.0 Å². The van der Waals surface area contributed by atoms with Crippen molar-refractivity contribution in [3.8, 4) is 0 Å². The van der Waals surface area contributed by atoms with Crippen molar-refractivity contribution in [1.82, 2.24) is 5.32 Å². The molecule has 2 nitrogen and oxygen atoms in total. The Kier molecular flexibility index (Phi) is 0.801. The highest BCUT2D eigenvalue weighted by atomic mass is 79.9. The summed E-state index contributed by atoms with van der Waals surface area (Å²) in [4.78, 5) is -0.261. The lowest BCUT2D eigenvalue weighted by atomic mass is 10.1. The molecule has 0 saturated carbocycles. The SMILES string of the molecule is [2H]c1c([2H])c(Br)c([2H])c(N2C([2H])(C([2H])([2H])[2H])C([2H])([2H])NC([2H])([2H])C2([2H])C([2H])([2H])[2H])c1[2H]. The van der Waals surface area contributed by atoms with E-state index in [1.54, 1.807) is 0 Å². The minimum Gasteiger partial charge on any atom is -0.364 e. The zero-order chi connectivity index (χ0) is 24.7. The van der Waals surface area contributed by atoms with E-state index in [0.29, 0.717) is 0 Å². The third-order valence-electron chi connectivity index (χ3n) is 1.61. The average molecular weight is 285 g/mol. The number of hydrogen-bond donors (Lipinski definition) is 1. The summed E-state index contributed by atoms with van der Waals surface area (Å²) in [5, 5.41) is 1.52. The molecule has 1 aromatic rings. The average Bonchev–Trinajstić information content (AvgIpc) is 2.56. The highest BCUT2D eigenvalue weighted by Gasteiger charge is 2.24. The van der Waals surface area contributed by atoms with Gasteiger partial charge in [-0.3, -0.25) is 0 Å². The lowest BCUT2D eigenvalue weighted by Crippen LogP contribution is -2.55. The second kappa shape index (κ2) is 4.54. The largest absolute Gasteiger partial charge is 0.364 e. The van der Waals surface area contributed by atoms with Crippen molar-refractivity contribution in [2.24, 2.45) is 0 Å². The third kappa shape index (κ3) is 2.34. The van der Waals surface area contributed by atoms with E-state index >= 15 is 0 Å². The second-order valence-electron chi connectivity index (χ2n) is 2.57. The maximum absolute atomic E-state index is 8.57. The quantitative estimate of drug-likeness (QED) is 0.853. The summed E-state index contributed by atoms with van der Waals surface area (Å²) < 4.78 is 128. The first kappa shape index (κ1) is 2.65. The molecular formula is C12H17BrN2. The van der Waals surface area contributed by atoms with E-state index in [1.807, 2.05) is 0 Å². The van der Waals surface area contributed by atoms with Crippen LogP contribution in [0.4, 0.5) is 5.69 Å². The van der Waals surface area contributed by atoms with Gasteiger partial charge < -0.3 is 10.2 Å². The second-order valence-corrected chi connectivity index (χ2v) is 3.36. The number of nitrogens with one attached hydrogen (secondary N) is 1. The van der Waals surface area contributed by atoms with E-state index in [4.69, 9.17) is 21.9 Å². The van der Waals surface area contributed by atoms with Gasteiger partial charge in [0, 0.05) is 48.9 Å². The van der Waals surface area contributed by atoms with E-state index in [2.05, 4.69) is 15.9 Å². The van der Waals surface area contributed by atoms with Crippen LogP contribution in [0, 0.1) is 0 Å². The number of anilines is 1. The Morgan fingerprint density at radius 2 is 2.33 bits per heavy atom. The molecule has 0 spiro atoms. The summed E-state index contributed by atoms with van der Waals surface area (Å²) in [7, 11) is 0.